The van der Waals surface area contributed by atoms with Gasteiger partial charge in [-0.3, -0.25) is 4.79 Å². The van der Waals surface area contributed by atoms with Gasteiger partial charge in [0.15, 0.2) is 6.61 Å². The highest BCUT2D eigenvalue weighted by molar-refractivity contribution is 5.95. The van der Waals surface area contributed by atoms with Crippen molar-refractivity contribution in [2.75, 3.05) is 11.9 Å². The third kappa shape index (κ3) is 4.20. The van der Waals surface area contributed by atoms with Gasteiger partial charge in [0.05, 0.1) is 11.3 Å². The number of ether oxygens (including phenoxy) is 1. The lowest BCUT2D eigenvalue weighted by atomic mass is 10.1. The Balaban J connectivity index is 1.29. The van der Waals surface area contributed by atoms with E-state index in [0.717, 1.165) is 16.3 Å². The lowest BCUT2D eigenvalue weighted by Crippen LogP contribution is -2.20. The van der Waals surface area contributed by atoms with Crippen LogP contribution in [-0.4, -0.2) is 22.7 Å². The van der Waals surface area contributed by atoms with E-state index in [0.29, 0.717) is 28.7 Å². The Morgan fingerprint density at radius 2 is 1.59 bits per heavy atom. The van der Waals surface area contributed by atoms with Gasteiger partial charge in [-0.1, -0.05) is 78.0 Å². The van der Waals surface area contributed by atoms with Crippen molar-refractivity contribution in [3.63, 3.8) is 0 Å². The molecular formula is C26H19N3O3. The van der Waals surface area contributed by atoms with E-state index in [9.17, 15) is 4.79 Å². The highest BCUT2D eigenvalue weighted by Crippen LogP contribution is 2.28. The molecule has 5 rings (SSSR count). The van der Waals surface area contributed by atoms with E-state index in [1.807, 2.05) is 91.0 Å². The molecule has 0 unspecified atom stereocenters. The minimum atomic E-state index is -0.284. The van der Waals surface area contributed by atoms with Crippen molar-refractivity contribution in [2.45, 2.75) is 0 Å². The Kier molecular flexibility index (Phi) is 5.32. The molecule has 0 saturated carbocycles. The smallest absolute Gasteiger partial charge is 0.262 e. The van der Waals surface area contributed by atoms with Gasteiger partial charge in [0.1, 0.15) is 5.75 Å². The third-order valence-electron chi connectivity index (χ3n) is 4.98. The van der Waals surface area contributed by atoms with Crippen molar-refractivity contribution in [1.82, 2.24) is 10.1 Å². The summed E-state index contributed by atoms with van der Waals surface area (Å²) in [5.41, 5.74) is 2.07. The quantitative estimate of drug-likeness (QED) is 0.388. The summed E-state index contributed by atoms with van der Waals surface area (Å²) < 4.78 is 11.1. The molecule has 0 spiro atoms. The molecule has 156 valence electrons. The van der Waals surface area contributed by atoms with E-state index in [2.05, 4.69) is 15.5 Å². The van der Waals surface area contributed by atoms with E-state index in [1.54, 1.807) is 6.07 Å². The lowest BCUT2D eigenvalue weighted by Gasteiger charge is -2.10. The third-order valence-corrected chi connectivity index (χ3v) is 4.98. The number of fused-ring (bicyclic) bond motifs is 1. The molecule has 1 heterocycles. The number of benzene rings is 4. The number of amides is 1. The number of hydrogen-bond acceptors (Lipinski definition) is 5. The van der Waals surface area contributed by atoms with Gasteiger partial charge in [-0.15, -0.1) is 0 Å². The zero-order chi connectivity index (χ0) is 21.8. The molecular weight excluding hydrogens is 402 g/mol. The number of nitrogens with one attached hydrogen (secondary N) is 1. The zero-order valence-electron chi connectivity index (χ0n) is 17.1. The van der Waals surface area contributed by atoms with Crippen LogP contribution in [0.3, 0.4) is 0 Å². The van der Waals surface area contributed by atoms with Crippen molar-refractivity contribution < 1.29 is 14.1 Å². The summed E-state index contributed by atoms with van der Waals surface area (Å²) in [5, 5.41) is 9.11. The molecule has 6 heteroatoms. The van der Waals surface area contributed by atoms with E-state index in [4.69, 9.17) is 9.26 Å². The molecule has 0 aliphatic rings. The van der Waals surface area contributed by atoms with Crippen molar-refractivity contribution in [2.24, 2.45) is 0 Å². The lowest BCUT2D eigenvalue weighted by molar-refractivity contribution is -0.118. The Morgan fingerprint density at radius 3 is 2.47 bits per heavy atom. The van der Waals surface area contributed by atoms with Gasteiger partial charge in [-0.05, 0) is 35.0 Å². The molecule has 1 N–H and O–H groups in total. The molecule has 0 bridgehead atoms. The van der Waals surface area contributed by atoms with Gasteiger partial charge in [0.25, 0.3) is 11.8 Å². The van der Waals surface area contributed by atoms with Crippen LogP contribution in [0.15, 0.2) is 102 Å². The summed E-state index contributed by atoms with van der Waals surface area (Å²) in [7, 11) is 0. The second kappa shape index (κ2) is 8.73. The van der Waals surface area contributed by atoms with Gasteiger partial charge in [0.2, 0.25) is 5.82 Å². The van der Waals surface area contributed by atoms with Gasteiger partial charge in [-0.25, -0.2) is 0 Å². The summed E-state index contributed by atoms with van der Waals surface area (Å²) in [6.07, 6.45) is 0. The van der Waals surface area contributed by atoms with Crippen molar-refractivity contribution in [1.29, 1.82) is 0 Å². The Labute approximate surface area is 184 Å². The van der Waals surface area contributed by atoms with Crippen LogP contribution >= 0.6 is 0 Å². The van der Waals surface area contributed by atoms with E-state index >= 15 is 0 Å². The number of carbonyl (C=O) groups is 1. The molecule has 1 amide bonds. The van der Waals surface area contributed by atoms with Gasteiger partial charge >= 0.3 is 0 Å². The van der Waals surface area contributed by atoms with Gasteiger partial charge < -0.3 is 14.6 Å². The normalized spacial score (nSPS) is 10.8. The maximum absolute atomic E-state index is 12.6. The van der Waals surface area contributed by atoms with Crippen LogP contribution < -0.4 is 10.1 Å². The van der Waals surface area contributed by atoms with Crippen molar-refractivity contribution in [3.05, 3.63) is 97.1 Å². The minimum Gasteiger partial charge on any atom is -0.484 e. The number of hydrogen-bond donors (Lipinski definition) is 1. The molecule has 0 atom stereocenters. The molecule has 0 radical (unpaired) electrons. The van der Waals surface area contributed by atoms with E-state index < -0.39 is 0 Å². The number of para-hydroxylation sites is 1. The number of carbonyl (C=O) groups excluding carboxylic acids is 1. The molecule has 4 aromatic carbocycles. The molecule has 1 aromatic heterocycles. The zero-order valence-corrected chi connectivity index (χ0v) is 17.1. The van der Waals surface area contributed by atoms with E-state index in [-0.39, 0.29) is 12.5 Å². The van der Waals surface area contributed by atoms with Crippen LogP contribution in [0.5, 0.6) is 5.75 Å². The summed E-state index contributed by atoms with van der Waals surface area (Å²) >= 11 is 0. The first kappa shape index (κ1) is 19.5. The SMILES string of the molecule is O=C(COc1ccc2ccccc2c1)Nc1ccccc1-c1nc(-c2ccccc2)no1. The van der Waals surface area contributed by atoms with Crippen LogP contribution in [0.25, 0.3) is 33.6 Å². The topological polar surface area (TPSA) is 77.2 Å². The first-order chi connectivity index (χ1) is 15.8. The monoisotopic (exact) mass is 421 g/mol. The molecule has 6 nitrogen and oxygen atoms in total. The second-order valence-corrected chi connectivity index (χ2v) is 7.18. The van der Waals surface area contributed by atoms with Crippen LogP contribution in [0.1, 0.15) is 0 Å². The number of rotatable bonds is 6. The Morgan fingerprint density at radius 1 is 0.844 bits per heavy atom. The summed E-state index contributed by atoms with van der Waals surface area (Å²) in [6.45, 7) is -0.119. The fourth-order valence-electron chi connectivity index (χ4n) is 3.41. The predicted molar refractivity (Wildman–Crippen MR) is 123 cm³/mol. The number of anilines is 1. The highest BCUT2D eigenvalue weighted by atomic mass is 16.5. The maximum Gasteiger partial charge on any atom is 0.262 e. The van der Waals surface area contributed by atoms with E-state index in [1.165, 1.54) is 0 Å². The Bertz CT molecular complexity index is 1380. The van der Waals surface area contributed by atoms with Crippen LogP contribution in [0.4, 0.5) is 5.69 Å². The van der Waals surface area contributed by atoms with Gasteiger partial charge in [0, 0.05) is 5.56 Å². The minimum absolute atomic E-state index is 0.119. The first-order valence-electron chi connectivity index (χ1n) is 10.2. The second-order valence-electron chi connectivity index (χ2n) is 7.18. The number of aromatic nitrogens is 2. The largest absolute Gasteiger partial charge is 0.484 e. The van der Waals surface area contributed by atoms with Crippen molar-refractivity contribution in [3.8, 4) is 28.6 Å². The summed E-state index contributed by atoms with van der Waals surface area (Å²) in [4.78, 5) is 17.0. The molecule has 0 aliphatic carbocycles. The molecule has 32 heavy (non-hydrogen) atoms. The van der Waals surface area contributed by atoms with Crippen molar-refractivity contribution >= 4 is 22.4 Å². The first-order valence-corrected chi connectivity index (χ1v) is 10.2. The standard InChI is InChI=1S/C26H19N3O3/c30-24(17-31-21-15-14-18-8-4-5-11-20(18)16-21)27-23-13-7-6-12-22(23)26-28-25(29-32-26)19-9-2-1-3-10-19/h1-16H,17H2,(H,27,30). The molecule has 5 aromatic rings. The predicted octanol–water partition coefficient (Wildman–Crippen LogP) is 5.57. The van der Waals surface area contributed by atoms with Crippen LogP contribution in [0.2, 0.25) is 0 Å². The average molecular weight is 421 g/mol. The molecule has 0 aliphatic heterocycles. The Hall–Kier alpha value is -4.45. The molecule has 0 saturated heterocycles. The van der Waals surface area contributed by atoms with Crippen LogP contribution in [0, 0.1) is 0 Å². The summed E-state index contributed by atoms with van der Waals surface area (Å²) in [5.74, 6) is 1.17. The highest BCUT2D eigenvalue weighted by Gasteiger charge is 2.15. The maximum atomic E-state index is 12.6. The fourth-order valence-corrected chi connectivity index (χ4v) is 3.41. The van der Waals surface area contributed by atoms with Gasteiger partial charge in [-0.2, -0.15) is 4.98 Å². The molecule has 0 fully saturated rings. The van der Waals surface area contributed by atoms with Crippen LogP contribution in [-0.2, 0) is 4.79 Å². The fraction of sp³-hybridized carbons (Fsp3) is 0.0385. The summed E-state index contributed by atoms with van der Waals surface area (Å²) in [6, 6.07) is 30.6. The number of nitrogens with zero attached hydrogens (tertiary/aromatic N) is 2. The average Bonchev–Trinajstić information content (AvgIpc) is 3.34.